The van der Waals surface area contributed by atoms with Crippen molar-refractivity contribution >= 4 is 34.2 Å². The summed E-state index contributed by atoms with van der Waals surface area (Å²) in [6.07, 6.45) is 4.10. The van der Waals surface area contributed by atoms with Crippen molar-refractivity contribution in [3.63, 3.8) is 0 Å². The van der Waals surface area contributed by atoms with E-state index in [1.165, 1.54) is 12.8 Å². The minimum absolute atomic E-state index is 0. The Balaban J connectivity index is 0.00000147. The Labute approximate surface area is 134 Å². The highest BCUT2D eigenvalue weighted by molar-refractivity contribution is 9.10. The van der Waals surface area contributed by atoms with Gasteiger partial charge in [0.2, 0.25) is 5.91 Å². The maximum atomic E-state index is 12.4. The molecule has 2 fully saturated rings. The van der Waals surface area contributed by atoms with Crippen LogP contribution < -0.4 is 5.32 Å². The van der Waals surface area contributed by atoms with Gasteiger partial charge in [-0.2, -0.15) is 0 Å². The SMILES string of the molecule is Cl.O=C(Cc1cccc(Br)c1)N1CCC2CCC(C1)N2. The summed E-state index contributed by atoms with van der Waals surface area (Å²) in [7, 11) is 0. The zero-order valence-corrected chi connectivity index (χ0v) is 13.8. The lowest BCUT2D eigenvalue weighted by atomic mass is 10.1. The lowest BCUT2D eigenvalue weighted by molar-refractivity contribution is -0.130. The molecule has 110 valence electrons. The van der Waals surface area contributed by atoms with Gasteiger partial charge in [0.1, 0.15) is 0 Å². The Morgan fingerprint density at radius 3 is 2.90 bits per heavy atom. The maximum Gasteiger partial charge on any atom is 0.227 e. The number of likely N-dealkylation sites (tertiary alicyclic amines) is 1. The van der Waals surface area contributed by atoms with Crippen molar-refractivity contribution < 1.29 is 4.79 Å². The van der Waals surface area contributed by atoms with Crippen LogP contribution in [-0.4, -0.2) is 36.0 Å². The molecule has 1 amide bonds. The van der Waals surface area contributed by atoms with Crippen molar-refractivity contribution in [3.05, 3.63) is 34.3 Å². The van der Waals surface area contributed by atoms with Crippen LogP contribution >= 0.6 is 28.3 Å². The number of halogens is 2. The zero-order chi connectivity index (χ0) is 13.2. The summed E-state index contributed by atoms with van der Waals surface area (Å²) < 4.78 is 1.04. The minimum atomic E-state index is 0. The number of amides is 1. The quantitative estimate of drug-likeness (QED) is 0.880. The first-order valence-corrected chi connectivity index (χ1v) is 7.78. The number of fused-ring (bicyclic) bond motifs is 2. The second-order valence-electron chi connectivity index (χ2n) is 5.57. The molecule has 2 bridgehead atoms. The fraction of sp³-hybridized carbons (Fsp3) is 0.533. The molecule has 20 heavy (non-hydrogen) atoms. The molecule has 2 atom stereocenters. The van der Waals surface area contributed by atoms with Crippen LogP contribution in [0.5, 0.6) is 0 Å². The van der Waals surface area contributed by atoms with Crippen molar-refractivity contribution in [2.45, 2.75) is 37.8 Å². The molecule has 0 saturated carbocycles. The van der Waals surface area contributed by atoms with E-state index >= 15 is 0 Å². The van der Waals surface area contributed by atoms with Crippen molar-refractivity contribution in [2.75, 3.05) is 13.1 Å². The first-order chi connectivity index (χ1) is 9.20. The van der Waals surface area contributed by atoms with E-state index in [1.54, 1.807) is 0 Å². The fourth-order valence-corrected chi connectivity index (χ4v) is 3.55. The number of nitrogens with one attached hydrogen (secondary N) is 1. The molecule has 1 aromatic rings. The van der Waals surface area contributed by atoms with E-state index in [2.05, 4.69) is 21.2 Å². The molecule has 1 N–H and O–H groups in total. The Hall–Kier alpha value is -0.580. The second-order valence-corrected chi connectivity index (χ2v) is 6.49. The molecule has 2 aliphatic rings. The highest BCUT2D eigenvalue weighted by Gasteiger charge is 2.30. The van der Waals surface area contributed by atoms with Crippen molar-refractivity contribution in [1.82, 2.24) is 10.2 Å². The van der Waals surface area contributed by atoms with Gasteiger partial charge in [-0.15, -0.1) is 12.4 Å². The Morgan fingerprint density at radius 2 is 2.10 bits per heavy atom. The molecule has 0 spiro atoms. The molecular weight excluding hydrogens is 340 g/mol. The molecule has 2 saturated heterocycles. The highest BCUT2D eigenvalue weighted by Crippen LogP contribution is 2.21. The molecule has 0 radical (unpaired) electrons. The van der Waals surface area contributed by atoms with Gasteiger partial charge >= 0.3 is 0 Å². The normalized spacial score (nSPS) is 24.9. The van der Waals surface area contributed by atoms with Crippen LogP contribution in [0.4, 0.5) is 0 Å². The Bertz CT molecular complexity index is 483. The molecule has 2 aliphatic heterocycles. The van der Waals surface area contributed by atoms with Gasteiger partial charge in [0.15, 0.2) is 0 Å². The van der Waals surface area contributed by atoms with Crippen molar-refractivity contribution in [1.29, 1.82) is 0 Å². The van der Waals surface area contributed by atoms with Crippen LogP contribution in [0.25, 0.3) is 0 Å². The minimum Gasteiger partial charge on any atom is -0.341 e. The van der Waals surface area contributed by atoms with E-state index in [-0.39, 0.29) is 18.3 Å². The number of nitrogens with zero attached hydrogens (tertiary/aromatic N) is 1. The average molecular weight is 360 g/mol. The van der Waals surface area contributed by atoms with Gasteiger partial charge in [-0.05, 0) is 37.0 Å². The fourth-order valence-electron chi connectivity index (χ4n) is 3.10. The van der Waals surface area contributed by atoms with E-state index in [0.29, 0.717) is 18.5 Å². The van der Waals surface area contributed by atoms with Gasteiger partial charge in [0, 0.05) is 29.6 Å². The summed E-state index contributed by atoms with van der Waals surface area (Å²) in [6, 6.07) is 9.17. The third kappa shape index (κ3) is 3.74. The van der Waals surface area contributed by atoms with Crippen LogP contribution in [0.1, 0.15) is 24.8 Å². The van der Waals surface area contributed by atoms with Crippen LogP contribution in [0.2, 0.25) is 0 Å². The molecule has 2 unspecified atom stereocenters. The Morgan fingerprint density at radius 1 is 1.30 bits per heavy atom. The average Bonchev–Trinajstić information content (AvgIpc) is 2.68. The summed E-state index contributed by atoms with van der Waals surface area (Å²) in [6.45, 7) is 1.78. The molecular formula is C15H20BrClN2O. The largest absolute Gasteiger partial charge is 0.341 e. The number of hydrogen-bond acceptors (Lipinski definition) is 2. The topological polar surface area (TPSA) is 32.3 Å². The summed E-state index contributed by atoms with van der Waals surface area (Å²) in [5.41, 5.74) is 1.08. The van der Waals surface area contributed by atoms with Crippen LogP contribution in [-0.2, 0) is 11.2 Å². The maximum absolute atomic E-state index is 12.4. The third-order valence-corrected chi connectivity index (χ3v) is 4.61. The highest BCUT2D eigenvalue weighted by atomic mass is 79.9. The molecule has 0 aliphatic carbocycles. The third-order valence-electron chi connectivity index (χ3n) is 4.12. The van der Waals surface area contributed by atoms with Gasteiger partial charge in [0.25, 0.3) is 0 Å². The monoisotopic (exact) mass is 358 g/mol. The lowest BCUT2D eigenvalue weighted by Crippen LogP contribution is -2.39. The molecule has 5 heteroatoms. The molecule has 2 heterocycles. The number of rotatable bonds is 2. The molecule has 3 rings (SSSR count). The smallest absolute Gasteiger partial charge is 0.227 e. The first kappa shape index (κ1) is 15.8. The van der Waals surface area contributed by atoms with E-state index in [4.69, 9.17) is 0 Å². The summed E-state index contributed by atoms with van der Waals surface area (Å²) in [4.78, 5) is 14.4. The number of benzene rings is 1. The zero-order valence-electron chi connectivity index (χ0n) is 11.3. The summed E-state index contributed by atoms with van der Waals surface area (Å²) in [5.74, 6) is 0.257. The Kier molecular flexibility index (Phi) is 5.47. The standard InChI is InChI=1S/C15H19BrN2O.ClH/c16-12-3-1-2-11(8-12)9-15(19)18-7-6-13-4-5-14(10-18)17-13;/h1-3,8,13-14,17H,4-7,9-10H2;1H. The van der Waals surface area contributed by atoms with E-state index in [0.717, 1.165) is 29.5 Å². The van der Waals surface area contributed by atoms with Crippen LogP contribution in [0.15, 0.2) is 28.7 Å². The van der Waals surface area contributed by atoms with Crippen molar-refractivity contribution in [3.8, 4) is 0 Å². The number of carbonyl (C=O) groups is 1. The van der Waals surface area contributed by atoms with E-state index in [1.807, 2.05) is 29.2 Å². The second kappa shape index (κ2) is 6.92. The van der Waals surface area contributed by atoms with E-state index in [9.17, 15) is 4.79 Å². The lowest BCUT2D eigenvalue weighted by Gasteiger charge is -2.24. The van der Waals surface area contributed by atoms with Gasteiger partial charge in [-0.1, -0.05) is 28.1 Å². The predicted molar refractivity (Wildman–Crippen MR) is 86.2 cm³/mol. The molecule has 0 aromatic heterocycles. The van der Waals surface area contributed by atoms with E-state index < -0.39 is 0 Å². The van der Waals surface area contributed by atoms with Gasteiger partial charge in [0.05, 0.1) is 6.42 Å². The van der Waals surface area contributed by atoms with Gasteiger partial charge in [-0.25, -0.2) is 0 Å². The summed E-state index contributed by atoms with van der Waals surface area (Å²) >= 11 is 3.45. The number of carbonyl (C=O) groups excluding carboxylic acids is 1. The number of hydrogen-bond donors (Lipinski definition) is 1. The van der Waals surface area contributed by atoms with Gasteiger partial charge < -0.3 is 10.2 Å². The van der Waals surface area contributed by atoms with Crippen LogP contribution in [0.3, 0.4) is 0 Å². The molecule has 1 aromatic carbocycles. The van der Waals surface area contributed by atoms with Crippen LogP contribution in [0, 0.1) is 0 Å². The summed E-state index contributed by atoms with van der Waals surface area (Å²) in [5, 5.41) is 3.61. The van der Waals surface area contributed by atoms with Gasteiger partial charge in [-0.3, -0.25) is 4.79 Å². The predicted octanol–water partition coefficient (Wildman–Crippen LogP) is 2.77. The first-order valence-electron chi connectivity index (χ1n) is 6.99. The van der Waals surface area contributed by atoms with Crippen molar-refractivity contribution in [2.24, 2.45) is 0 Å². The molecule has 3 nitrogen and oxygen atoms in total.